The number of aromatic nitrogens is 2. The first-order valence-electron chi connectivity index (χ1n) is 10.4. The van der Waals surface area contributed by atoms with Gasteiger partial charge >= 0.3 is 0 Å². The average molecular weight is 428 g/mol. The molecular formula is C21H25N5O3S. The number of rotatable bonds is 4. The second-order valence-corrected chi connectivity index (χ2v) is 9.94. The fourth-order valence-corrected chi connectivity index (χ4v) is 5.96. The minimum absolute atomic E-state index is 0.122. The second kappa shape index (κ2) is 6.94. The molecule has 0 radical (unpaired) electrons. The molecule has 1 amide bonds. The molecule has 2 aromatic rings. The second-order valence-electron chi connectivity index (χ2n) is 8.25. The molecule has 0 unspecified atom stereocenters. The van der Waals surface area contributed by atoms with Crippen LogP contribution in [0.25, 0.3) is 0 Å². The van der Waals surface area contributed by atoms with Gasteiger partial charge < -0.3 is 9.80 Å². The van der Waals surface area contributed by atoms with Crippen molar-refractivity contribution in [3.8, 4) is 0 Å². The molecule has 4 heterocycles. The molecule has 0 aliphatic carbocycles. The summed E-state index contributed by atoms with van der Waals surface area (Å²) in [6, 6.07) is 3.40. The number of hydrogen-bond acceptors (Lipinski definition) is 6. The molecule has 0 bridgehead atoms. The Labute approximate surface area is 176 Å². The van der Waals surface area contributed by atoms with Crippen molar-refractivity contribution in [1.29, 1.82) is 0 Å². The Balaban J connectivity index is 1.48. The van der Waals surface area contributed by atoms with Gasteiger partial charge in [-0.3, -0.25) is 9.52 Å². The number of carbonyl (C=O) groups excluding carboxylic acids is 1. The van der Waals surface area contributed by atoms with E-state index in [1.165, 1.54) is 0 Å². The number of sulfonamides is 1. The predicted octanol–water partition coefficient (Wildman–Crippen LogP) is 2.33. The van der Waals surface area contributed by atoms with E-state index in [1.807, 2.05) is 13.8 Å². The Morgan fingerprint density at radius 2 is 1.57 bits per heavy atom. The molecule has 1 N–H and O–H groups in total. The van der Waals surface area contributed by atoms with Gasteiger partial charge in [0, 0.05) is 26.1 Å². The van der Waals surface area contributed by atoms with Crippen molar-refractivity contribution in [2.75, 3.05) is 34.2 Å². The van der Waals surface area contributed by atoms with Gasteiger partial charge in [-0.1, -0.05) is 0 Å². The Morgan fingerprint density at radius 3 is 2.23 bits per heavy atom. The molecule has 1 fully saturated rings. The van der Waals surface area contributed by atoms with Gasteiger partial charge in [-0.15, -0.1) is 0 Å². The van der Waals surface area contributed by atoms with E-state index in [4.69, 9.17) is 0 Å². The summed E-state index contributed by atoms with van der Waals surface area (Å²) in [6.45, 7) is 6.11. The highest BCUT2D eigenvalue weighted by Crippen LogP contribution is 2.38. The number of nitrogens with one attached hydrogen (secondary N) is 1. The van der Waals surface area contributed by atoms with Crippen LogP contribution in [0.4, 0.5) is 17.3 Å². The maximum absolute atomic E-state index is 13.2. The van der Waals surface area contributed by atoms with Gasteiger partial charge in [0.25, 0.3) is 10.0 Å². The van der Waals surface area contributed by atoms with E-state index in [2.05, 4.69) is 19.6 Å². The minimum Gasteiger partial charge on any atom is -0.341 e. The van der Waals surface area contributed by atoms with Gasteiger partial charge in [0.1, 0.15) is 0 Å². The van der Waals surface area contributed by atoms with Crippen LogP contribution in [0.15, 0.2) is 17.0 Å². The van der Waals surface area contributed by atoms with E-state index in [0.29, 0.717) is 48.8 Å². The SMILES string of the molecule is Cc1nc(N2CCCC2)nc(C)c1NS(=O)(=O)c1cc2c3c(c1)CCN3C(=O)CC2. The summed E-state index contributed by atoms with van der Waals surface area (Å²) in [5, 5.41) is 0. The molecule has 0 atom stereocenters. The highest BCUT2D eigenvalue weighted by molar-refractivity contribution is 7.92. The Kier molecular flexibility index (Phi) is 4.46. The largest absolute Gasteiger partial charge is 0.341 e. The summed E-state index contributed by atoms with van der Waals surface area (Å²) < 4.78 is 29.2. The quantitative estimate of drug-likeness (QED) is 0.805. The van der Waals surface area contributed by atoms with Crippen molar-refractivity contribution in [3.05, 3.63) is 34.6 Å². The summed E-state index contributed by atoms with van der Waals surface area (Å²) >= 11 is 0. The van der Waals surface area contributed by atoms with E-state index in [-0.39, 0.29) is 10.8 Å². The topological polar surface area (TPSA) is 95.5 Å². The van der Waals surface area contributed by atoms with E-state index in [0.717, 1.165) is 42.7 Å². The van der Waals surface area contributed by atoms with E-state index < -0.39 is 10.0 Å². The fraction of sp³-hybridized carbons (Fsp3) is 0.476. The molecule has 8 nitrogen and oxygen atoms in total. The van der Waals surface area contributed by atoms with Crippen LogP contribution < -0.4 is 14.5 Å². The van der Waals surface area contributed by atoms with Gasteiger partial charge in [-0.2, -0.15) is 0 Å². The first-order chi connectivity index (χ1) is 14.3. The number of aryl methyl sites for hydroxylation is 3. The van der Waals surface area contributed by atoms with Crippen molar-refractivity contribution in [2.45, 2.75) is 50.8 Å². The zero-order chi connectivity index (χ0) is 21.0. The number of benzene rings is 1. The highest BCUT2D eigenvalue weighted by atomic mass is 32.2. The van der Waals surface area contributed by atoms with Gasteiger partial charge in [0.15, 0.2) is 0 Å². The lowest BCUT2D eigenvalue weighted by molar-refractivity contribution is -0.118. The zero-order valence-corrected chi connectivity index (χ0v) is 18.0. The maximum Gasteiger partial charge on any atom is 0.262 e. The van der Waals surface area contributed by atoms with Crippen LogP contribution in [0.3, 0.4) is 0 Å². The third-order valence-electron chi connectivity index (χ3n) is 6.22. The number of amides is 1. The van der Waals surface area contributed by atoms with E-state index in [9.17, 15) is 13.2 Å². The lowest BCUT2D eigenvalue weighted by Crippen LogP contribution is -2.33. The lowest BCUT2D eigenvalue weighted by atomic mass is 10.00. The Morgan fingerprint density at radius 1 is 0.933 bits per heavy atom. The van der Waals surface area contributed by atoms with Gasteiger partial charge in [-0.05, 0) is 62.8 Å². The summed E-state index contributed by atoms with van der Waals surface area (Å²) in [5.41, 5.74) is 4.44. The van der Waals surface area contributed by atoms with Crippen LogP contribution in [-0.4, -0.2) is 43.9 Å². The molecule has 30 heavy (non-hydrogen) atoms. The summed E-state index contributed by atoms with van der Waals surface area (Å²) in [5.74, 6) is 0.786. The summed E-state index contributed by atoms with van der Waals surface area (Å²) in [6.07, 6.45) is 3.93. The predicted molar refractivity (Wildman–Crippen MR) is 115 cm³/mol. The molecule has 1 aromatic heterocycles. The molecule has 0 spiro atoms. The molecule has 3 aliphatic rings. The van der Waals surface area contributed by atoms with Gasteiger partial charge in [0.05, 0.1) is 27.7 Å². The Hall–Kier alpha value is -2.68. The van der Waals surface area contributed by atoms with E-state index >= 15 is 0 Å². The van der Waals surface area contributed by atoms with Crippen LogP contribution in [0.1, 0.15) is 41.8 Å². The number of nitrogens with zero attached hydrogens (tertiary/aromatic N) is 4. The van der Waals surface area contributed by atoms with Crippen molar-refractivity contribution in [2.24, 2.45) is 0 Å². The third-order valence-corrected chi connectivity index (χ3v) is 7.55. The number of hydrogen-bond donors (Lipinski definition) is 1. The standard InChI is InChI=1S/C21H25N5O3S/c1-13-19(14(2)23-21(22-13)25-8-3-4-9-25)24-30(28,29)17-11-15-5-6-18(27)26-10-7-16(12-17)20(15)26/h11-12,24H,3-10H2,1-2H3. The molecular weight excluding hydrogens is 402 g/mol. The zero-order valence-electron chi connectivity index (χ0n) is 17.2. The highest BCUT2D eigenvalue weighted by Gasteiger charge is 2.33. The molecule has 1 saturated heterocycles. The minimum atomic E-state index is -3.80. The normalized spacial score (nSPS) is 18.1. The molecule has 158 valence electrons. The van der Waals surface area contributed by atoms with Crippen LogP contribution in [0.5, 0.6) is 0 Å². The van der Waals surface area contributed by atoms with Crippen molar-refractivity contribution >= 4 is 33.3 Å². The molecule has 0 saturated carbocycles. The fourth-order valence-electron chi connectivity index (χ4n) is 4.68. The van der Waals surface area contributed by atoms with Crippen molar-refractivity contribution in [3.63, 3.8) is 0 Å². The molecule has 9 heteroatoms. The number of anilines is 3. The van der Waals surface area contributed by atoms with Gasteiger partial charge in [-0.25, -0.2) is 18.4 Å². The monoisotopic (exact) mass is 427 g/mol. The van der Waals surface area contributed by atoms with Crippen molar-refractivity contribution < 1.29 is 13.2 Å². The molecule has 3 aliphatic heterocycles. The average Bonchev–Trinajstić information content (AvgIpc) is 3.38. The third kappa shape index (κ3) is 3.12. The molecule has 1 aromatic carbocycles. The lowest BCUT2D eigenvalue weighted by Gasteiger charge is -2.26. The van der Waals surface area contributed by atoms with E-state index in [1.54, 1.807) is 17.0 Å². The van der Waals surface area contributed by atoms with Crippen LogP contribution in [0, 0.1) is 13.8 Å². The maximum atomic E-state index is 13.2. The first kappa shape index (κ1) is 19.3. The first-order valence-corrected chi connectivity index (χ1v) is 11.9. The van der Waals surface area contributed by atoms with Crippen molar-refractivity contribution in [1.82, 2.24) is 9.97 Å². The summed E-state index contributed by atoms with van der Waals surface area (Å²) in [7, 11) is -3.80. The molecule has 5 rings (SSSR count). The van der Waals surface area contributed by atoms with Crippen LogP contribution in [-0.2, 0) is 27.7 Å². The van der Waals surface area contributed by atoms with Gasteiger partial charge in [0.2, 0.25) is 11.9 Å². The van der Waals surface area contributed by atoms with Crippen LogP contribution in [0.2, 0.25) is 0 Å². The Bertz CT molecular complexity index is 1130. The summed E-state index contributed by atoms with van der Waals surface area (Å²) in [4.78, 5) is 25.4. The number of carbonyl (C=O) groups is 1. The smallest absolute Gasteiger partial charge is 0.262 e. The van der Waals surface area contributed by atoms with Crippen LogP contribution >= 0.6 is 0 Å².